The monoisotopic (exact) mass is 221 g/mol. The van der Waals surface area contributed by atoms with E-state index in [9.17, 15) is 4.79 Å². The van der Waals surface area contributed by atoms with Gasteiger partial charge in [0.25, 0.3) is 5.91 Å². The van der Waals surface area contributed by atoms with Crippen molar-refractivity contribution >= 4 is 11.7 Å². The van der Waals surface area contributed by atoms with Gasteiger partial charge in [0.2, 0.25) is 0 Å². The smallest absolute Gasteiger partial charge is 0.254 e. The van der Waals surface area contributed by atoms with E-state index in [1.165, 1.54) is 0 Å². The second-order valence-electron chi connectivity index (χ2n) is 3.94. The molecule has 0 aromatic carbocycles. The molecule has 1 saturated heterocycles. The normalized spacial score (nSPS) is 19.8. The number of hydrogen-bond acceptors (Lipinski definition) is 4. The summed E-state index contributed by atoms with van der Waals surface area (Å²) in [6.45, 7) is 4.32. The number of amides is 1. The third-order valence-electron chi connectivity index (χ3n) is 2.56. The van der Waals surface area contributed by atoms with Crippen LogP contribution in [0.25, 0.3) is 0 Å². The Morgan fingerprint density at radius 1 is 1.56 bits per heavy atom. The van der Waals surface area contributed by atoms with Gasteiger partial charge in [-0.1, -0.05) is 0 Å². The van der Waals surface area contributed by atoms with Gasteiger partial charge in [0.05, 0.1) is 0 Å². The van der Waals surface area contributed by atoms with Crippen LogP contribution in [0.15, 0.2) is 6.20 Å². The zero-order valence-electron chi connectivity index (χ0n) is 9.49. The van der Waals surface area contributed by atoms with Crippen molar-refractivity contribution in [3.63, 3.8) is 0 Å². The van der Waals surface area contributed by atoms with Crippen LogP contribution in [0.5, 0.6) is 0 Å². The molecule has 16 heavy (non-hydrogen) atoms. The number of nitrogens with one attached hydrogen (secondary N) is 1. The van der Waals surface area contributed by atoms with Gasteiger partial charge in [-0.25, -0.2) is 9.97 Å². The number of anilines is 1. The van der Waals surface area contributed by atoms with E-state index >= 15 is 0 Å². The molecular weight excluding hydrogens is 206 g/mol. The summed E-state index contributed by atoms with van der Waals surface area (Å²) in [5.41, 5.74) is 0.858. The summed E-state index contributed by atoms with van der Waals surface area (Å²) in [4.78, 5) is 20.0. The number of ether oxygens (including phenoxy) is 1. The van der Waals surface area contributed by atoms with Crippen LogP contribution < -0.4 is 5.32 Å². The fourth-order valence-electron chi connectivity index (χ4n) is 1.64. The van der Waals surface area contributed by atoms with E-state index in [1.807, 2.05) is 6.92 Å². The van der Waals surface area contributed by atoms with Crippen LogP contribution in [0, 0.1) is 13.8 Å². The first-order valence-electron chi connectivity index (χ1n) is 5.39. The predicted molar refractivity (Wildman–Crippen MR) is 59.1 cm³/mol. The van der Waals surface area contributed by atoms with Crippen molar-refractivity contribution in [1.29, 1.82) is 0 Å². The highest BCUT2D eigenvalue weighted by Crippen LogP contribution is 2.15. The van der Waals surface area contributed by atoms with Gasteiger partial charge in [-0.05, 0) is 26.7 Å². The van der Waals surface area contributed by atoms with E-state index in [1.54, 1.807) is 13.1 Å². The molecule has 0 aliphatic carbocycles. The highest BCUT2D eigenvalue weighted by molar-refractivity contribution is 5.94. The van der Waals surface area contributed by atoms with Crippen LogP contribution in [0.1, 0.15) is 24.2 Å². The molecule has 0 spiro atoms. The maximum atomic E-state index is 11.8. The molecule has 0 bridgehead atoms. The topological polar surface area (TPSA) is 64.1 Å². The van der Waals surface area contributed by atoms with Crippen LogP contribution in [0.4, 0.5) is 5.82 Å². The standard InChI is InChI=1S/C11H15N3O2/c1-7-6-12-8(2)13-10(7)14-11(15)9-4-3-5-16-9/h6,9H,3-5H2,1-2H3,(H,12,13,14,15)/t9-/m1/s1. The molecular formula is C11H15N3O2. The second-order valence-corrected chi connectivity index (χ2v) is 3.94. The van der Waals surface area contributed by atoms with Crippen LogP contribution in [-0.2, 0) is 9.53 Å². The summed E-state index contributed by atoms with van der Waals surface area (Å²) >= 11 is 0. The molecule has 0 saturated carbocycles. The van der Waals surface area contributed by atoms with Crippen molar-refractivity contribution in [3.05, 3.63) is 17.6 Å². The lowest BCUT2D eigenvalue weighted by atomic mass is 10.2. The Hall–Kier alpha value is -1.49. The van der Waals surface area contributed by atoms with E-state index in [0.717, 1.165) is 18.4 Å². The maximum absolute atomic E-state index is 11.8. The van der Waals surface area contributed by atoms with Gasteiger partial charge in [-0.3, -0.25) is 4.79 Å². The summed E-state index contributed by atoms with van der Waals surface area (Å²) in [6, 6.07) is 0. The third kappa shape index (κ3) is 2.36. The Balaban J connectivity index is 2.07. The van der Waals surface area contributed by atoms with Crippen molar-refractivity contribution in [2.45, 2.75) is 32.8 Å². The molecule has 0 radical (unpaired) electrons. The summed E-state index contributed by atoms with van der Waals surface area (Å²) in [5, 5.41) is 2.78. The van der Waals surface area contributed by atoms with Gasteiger partial charge in [-0.15, -0.1) is 0 Å². The van der Waals surface area contributed by atoms with Crippen LogP contribution in [0.2, 0.25) is 0 Å². The Kier molecular flexibility index (Phi) is 3.14. The molecule has 2 heterocycles. The van der Waals surface area contributed by atoms with Gasteiger partial charge in [0.1, 0.15) is 17.7 Å². The first kappa shape index (κ1) is 11.0. The number of carbonyl (C=O) groups excluding carboxylic acids is 1. The van der Waals surface area contributed by atoms with E-state index in [2.05, 4.69) is 15.3 Å². The van der Waals surface area contributed by atoms with E-state index in [-0.39, 0.29) is 12.0 Å². The first-order chi connectivity index (χ1) is 7.66. The molecule has 2 rings (SSSR count). The summed E-state index contributed by atoms with van der Waals surface area (Å²) in [6.07, 6.45) is 3.11. The van der Waals surface area contributed by atoms with Crippen molar-refractivity contribution in [3.8, 4) is 0 Å². The van der Waals surface area contributed by atoms with Crippen molar-refractivity contribution in [1.82, 2.24) is 9.97 Å². The largest absolute Gasteiger partial charge is 0.368 e. The number of carbonyl (C=O) groups is 1. The van der Waals surface area contributed by atoms with Crippen molar-refractivity contribution in [2.75, 3.05) is 11.9 Å². The van der Waals surface area contributed by atoms with Gasteiger partial charge in [-0.2, -0.15) is 0 Å². The highest BCUT2D eigenvalue weighted by atomic mass is 16.5. The average Bonchev–Trinajstić information content (AvgIpc) is 2.76. The Morgan fingerprint density at radius 3 is 3.06 bits per heavy atom. The van der Waals surface area contributed by atoms with E-state index in [0.29, 0.717) is 18.2 Å². The third-order valence-corrected chi connectivity index (χ3v) is 2.56. The van der Waals surface area contributed by atoms with E-state index in [4.69, 9.17) is 4.74 Å². The number of nitrogens with zero attached hydrogens (tertiary/aromatic N) is 2. The number of hydrogen-bond donors (Lipinski definition) is 1. The lowest BCUT2D eigenvalue weighted by Gasteiger charge is -2.11. The molecule has 1 fully saturated rings. The minimum Gasteiger partial charge on any atom is -0.368 e. The fraction of sp³-hybridized carbons (Fsp3) is 0.545. The zero-order valence-corrected chi connectivity index (χ0v) is 9.49. The first-order valence-corrected chi connectivity index (χ1v) is 5.39. The second kappa shape index (κ2) is 4.57. The van der Waals surface area contributed by atoms with Gasteiger partial charge < -0.3 is 10.1 Å². The van der Waals surface area contributed by atoms with Crippen LogP contribution in [0.3, 0.4) is 0 Å². The van der Waals surface area contributed by atoms with Crippen molar-refractivity contribution in [2.24, 2.45) is 0 Å². The highest BCUT2D eigenvalue weighted by Gasteiger charge is 2.24. The minimum absolute atomic E-state index is 0.112. The van der Waals surface area contributed by atoms with Gasteiger partial charge >= 0.3 is 0 Å². The number of aryl methyl sites for hydroxylation is 2. The molecule has 1 aliphatic rings. The van der Waals surface area contributed by atoms with E-state index < -0.39 is 0 Å². The fourth-order valence-corrected chi connectivity index (χ4v) is 1.64. The molecule has 1 aliphatic heterocycles. The molecule has 1 amide bonds. The summed E-state index contributed by atoms with van der Waals surface area (Å²) in [7, 11) is 0. The van der Waals surface area contributed by atoms with Gasteiger partial charge in [0, 0.05) is 18.4 Å². The Bertz CT molecular complexity index is 400. The summed E-state index contributed by atoms with van der Waals surface area (Å²) < 4.78 is 5.30. The molecule has 1 aromatic heterocycles. The molecule has 86 valence electrons. The quantitative estimate of drug-likeness (QED) is 0.815. The molecule has 1 N–H and O–H groups in total. The van der Waals surface area contributed by atoms with Gasteiger partial charge in [0.15, 0.2) is 0 Å². The van der Waals surface area contributed by atoms with Crippen LogP contribution >= 0.6 is 0 Å². The lowest BCUT2D eigenvalue weighted by Crippen LogP contribution is -2.27. The van der Waals surface area contributed by atoms with Crippen molar-refractivity contribution < 1.29 is 9.53 Å². The predicted octanol–water partition coefficient (Wildman–Crippen LogP) is 1.21. The number of rotatable bonds is 2. The average molecular weight is 221 g/mol. The molecule has 5 nitrogen and oxygen atoms in total. The number of aromatic nitrogens is 2. The maximum Gasteiger partial charge on any atom is 0.254 e. The Labute approximate surface area is 94.2 Å². The molecule has 0 unspecified atom stereocenters. The molecule has 1 atom stereocenters. The molecule has 1 aromatic rings. The van der Waals surface area contributed by atoms with Crippen LogP contribution in [-0.4, -0.2) is 28.6 Å². The SMILES string of the molecule is Cc1ncc(C)c(NC(=O)[C@H]2CCCO2)n1. The Morgan fingerprint density at radius 2 is 2.38 bits per heavy atom. The zero-order chi connectivity index (χ0) is 11.5. The minimum atomic E-state index is -0.324. The molecule has 5 heteroatoms. The lowest BCUT2D eigenvalue weighted by molar-refractivity contribution is -0.124. The summed E-state index contributed by atoms with van der Waals surface area (Å²) in [5.74, 6) is 1.11.